The van der Waals surface area contributed by atoms with Crippen molar-refractivity contribution in [1.29, 1.82) is 0 Å². The van der Waals surface area contributed by atoms with Crippen LogP contribution < -0.4 is 5.11 Å². The number of likely N-dealkylation sites (N-methyl/N-ethyl adjacent to an activating group) is 1. The molecule has 0 saturated carbocycles. The van der Waals surface area contributed by atoms with Gasteiger partial charge in [0.1, 0.15) is 0 Å². The zero-order chi connectivity index (χ0) is 7.44. The Bertz CT molecular complexity index is 132. The fourth-order valence-corrected chi connectivity index (χ4v) is 0.305. The van der Waals surface area contributed by atoms with E-state index in [0.717, 1.165) is 4.90 Å². The van der Waals surface area contributed by atoms with Gasteiger partial charge in [0, 0.05) is 14.0 Å². The minimum Gasteiger partial charge on any atom is -0.548 e. The molecular formula is C5H8NO3-. The largest absolute Gasteiger partial charge is 0.548 e. The molecule has 0 fully saturated rings. The first-order valence-corrected chi connectivity index (χ1v) is 2.45. The number of carbonyl (C=O) groups is 2. The van der Waals surface area contributed by atoms with Crippen LogP contribution in [0.15, 0.2) is 0 Å². The van der Waals surface area contributed by atoms with Crippen molar-refractivity contribution in [2.24, 2.45) is 0 Å². The molecule has 0 bridgehead atoms. The summed E-state index contributed by atoms with van der Waals surface area (Å²) in [5, 5.41) is 9.81. The average Bonchev–Trinajstić information content (AvgIpc) is 1.63. The van der Waals surface area contributed by atoms with Crippen molar-refractivity contribution in [3.63, 3.8) is 0 Å². The van der Waals surface area contributed by atoms with E-state index in [2.05, 4.69) is 0 Å². The van der Waals surface area contributed by atoms with Gasteiger partial charge < -0.3 is 14.8 Å². The van der Waals surface area contributed by atoms with Crippen LogP contribution in [0, 0.1) is 0 Å². The van der Waals surface area contributed by atoms with Crippen LogP contribution >= 0.6 is 0 Å². The number of carbonyl (C=O) groups excluding carboxylic acids is 2. The smallest absolute Gasteiger partial charge is 0.219 e. The Balaban J connectivity index is 3.63. The number of rotatable bonds is 2. The van der Waals surface area contributed by atoms with E-state index in [4.69, 9.17) is 0 Å². The van der Waals surface area contributed by atoms with Gasteiger partial charge in [-0.2, -0.15) is 0 Å². The second kappa shape index (κ2) is 3.06. The molecule has 0 unspecified atom stereocenters. The Kier molecular flexibility index (Phi) is 2.70. The molecule has 4 heteroatoms. The standard InChI is InChI=1S/C5H9NO3/c1-4(7)6(2)3-5(8)9/h3H2,1-2H3,(H,8,9)/p-1. The molecule has 0 aromatic rings. The van der Waals surface area contributed by atoms with Crippen LogP contribution in [-0.2, 0) is 9.59 Å². The molecule has 0 aromatic heterocycles. The molecule has 0 radical (unpaired) electrons. The van der Waals surface area contributed by atoms with Gasteiger partial charge in [0.25, 0.3) is 0 Å². The van der Waals surface area contributed by atoms with Crippen LogP contribution in [0.2, 0.25) is 0 Å². The van der Waals surface area contributed by atoms with Crippen LogP contribution in [0.25, 0.3) is 0 Å². The molecule has 0 aliphatic carbocycles. The minimum absolute atomic E-state index is 0.279. The lowest BCUT2D eigenvalue weighted by atomic mass is 10.5. The highest BCUT2D eigenvalue weighted by Crippen LogP contribution is 1.79. The molecular weight excluding hydrogens is 122 g/mol. The van der Waals surface area contributed by atoms with E-state index >= 15 is 0 Å². The summed E-state index contributed by atoms with van der Waals surface area (Å²) in [6.45, 7) is 0.957. The normalized spacial score (nSPS) is 8.67. The number of hydrogen-bond acceptors (Lipinski definition) is 3. The predicted octanol–water partition coefficient (Wildman–Crippen LogP) is -1.79. The lowest BCUT2D eigenvalue weighted by Crippen LogP contribution is -2.38. The number of carboxylic acid groups (broad SMARTS) is 1. The molecule has 0 aliphatic rings. The molecule has 4 nitrogen and oxygen atoms in total. The van der Waals surface area contributed by atoms with Gasteiger partial charge >= 0.3 is 0 Å². The summed E-state index contributed by atoms with van der Waals surface area (Å²) in [5.74, 6) is -1.52. The Labute approximate surface area is 53.1 Å². The van der Waals surface area contributed by atoms with E-state index in [1.54, 1.807) is 0 Å². The number of amides is 1. The maximum absolute atomic E-state index is 10.3. The van der Waals surface area contributed by atoms with Crippen LogP contribution in [0.3, 0.4) is 0 Å². The fourth-order valence-electron chi connectivity index (χ4n) is 0.305. The molecule has 9 heavy (non-hydrogen) atoms. The summed E-state index contributed by atoms with van der Waals surface area (Å²) in [5.41, 5.74) is 0. The Morgan fingerprint density at radius 3 is 2.11 bits per heavy atom. The summed E-state index contributed by atoms with van der Waals surface area (Å²) in [6.07, 6.45) is 0. The summed E-state index contributed by atoms with van der Waals surface area (Å²) < 4.78 is 0. The van der Waals surface area contributed by atoms with Crippen molar-refractivity contribution in [1.82, 2.24) is 4.90 Å². The van der Waals surface area contributed by atoms with E-state index in [0.29, 0.717) is 0 Å². The zero-order valence-electron chi connectivity index (χ0n) is 5.38. The number of aliphatic carboxylic acids is 1. The van der Waals surface area contributed by atoms with Crippen molar-refractivity contribution in [2.75, 3.05) is 13.6 Å². The van der Waals surface area contributed by atoms with E-state index in [9.17, 15) is 14.7 Å². The minimum atomic E-state index is -1.24. The van der Waals surface area contributed by atoms with Crippen molar-refractivity contribution >= 4 is 11.9 Å². The molecule has 0 aliphatic heterocycles. The predicted molar refractivity (Wildman–Crippen MR) is 28.3 cm³/mol. The van der Waals surface area contributed by atoms with Gasteiger partial charge in [-0.3, -0.25) is 4.79 Å². The second-order valence-corrected chi connectivity index (χ2v) is 1.75. The molecule has 0 atom stereocenters. The second-order valence-electron chi connectivity index (χ2n) is 1.75. The first kappa shape index (κ1) is 7.94. The third kappa shape index (κ3) is 3.52. The van der Waals surface area contributed by atoms with Gasteiger partial charge in [-0.05, 0) is 0 Å². The highest BCUT2D eigenvalue weighted by molar-refractivity contribution is 5.78. The third-order valence-corrected chi connectivity index (χ3v) is 0.904. The fraction of sp³-hybridized carbons (Fsp3) is 0.600. The summed E-state index contributed by atoms with van der Waals surface area (Å²) >= 11 is 0. The topological polar surface area (TPSA) is 60.4 Å². The highest BCUT2D eigenvalue weighted by atomic mass is 16.4. The number of nitrogens with zero attached hydrogens (tertiary/aromatic N) is 1. The lowest BCUT2D eigenvalue weighted by Gasteiger charge is -2.14. The molecule has 0 aromatic carbocycles. The average molecular weight is 130 g/mol. The third-order valence-electron chi connectivity index (χ3n) is 0.904. The van der Waals surface area contributed by atoms with E-state index in [1.807, 2.05) is 0 Å². The highest BCUT2D eigenvalue weighted by Gasteiger charge is 1.99. The molecule has 0 saturated heterocycles. The maximum atomic E-state index is 10.3. The molecule has 0 N–H and O–H groups in total. The monoisotopic (exact) mass is 130 g/mol. The summed E-state index contributed by atoms with van der Waals surface area (Å²) in [7, 11) is 1.40. The van der Waals surface area contributed by atoms with E-state index in [1.165, 1.54) is 14.0 Å². The van der Waals surface area contributed by atoms with Gasteiger partial charge in [0.2, 0.25) is 5.91 Å². The molecule has 1 amide bonds. The van der Waals surface area contributed by atoms with Gasteiger partial charge in [0.05, 0.1) is 12.5 Å². The molecule has 0 rings (SSSR count). The van der Waals surface area contributed by atoms with Gasteiger partial charge in [-0.25, -0.2) is 0 Å². The van der Waals surface area contributed by atoms with Gasteiger partial charge in [-0.1, -0.05) is 0 Å². The summed E-state index contributed by atoms with van der Waals surface area (Å²) in [6, 6.07) is 0. The van der Waals surface area contributed by atoms with Crippen molar-refractivity contribution in [2.45, 2.75) is 6.92 Å². The zero-order valence-corrected chi connectivity index (χ0v) is 5.38. The number of hydrogen-bond donors (Lipinski definition) is 0. The first-order valence-electron chi connectivity index (χ1n) is 2.45. The SMILES string of the molecule is CC(=O)N(C)CC(=O)[O-]. The van der Waals surface area contributed by atoms with Gasteiger partial charge in [0.15, 0.2) is 0 Å². The quantitative estimate of drug-likeness (QED) is 0.443. The van der Waals surface area contributed by atoms with Crippen molar-refractivity contribution in [3.05, 3.63) is 0 Å². The van der Waals surface area contributed by atoms with E-state index in [-0.39, 0.29) is 12.5 Å². The maximum Gasteiger partial charge on any atom is 0.219 e. The van der Waals surface area contributed by atoms with Crippen LogP contribution in [0.5, 0.6) is 0 Å². The number of carboxylic acids is 1. The van der Waals surface area contributed by atoms with Crippen LogP contribution in [-0.4, -0.2) is 30.4 Å². The lowest BCUT2D eigenvalue weighted by molar-refractivity contribution is -0.305. The first-order chi connectivity index (χ1) is 4.04. The molecule has 0 spiro atoms. The van der Waals surface area contributed by atoms with Crippen LogP contribution in [0.4, 0.5) is 0 Å². The molecule has 52 valence electrons. The molecule has 0 heterocycles. The van der Waals surface area contributed by atoms with Crippen LogP contribution in [0.1, 0.15) is 6.92 Å². The van der Waals surface area contributed by atoms with Gasteiger partial charge in [-0.15, -0.1) is 0 Å². The Morgan fingerprint density at radius 1 is 1.56 bits per heavy atom. The Hall–Kier alpha value is -1.06. The van der Waals surface area contributed by atoms with E-state index < -0.39 is 5.97 Å². The summed E-state index contributed by atoms with van der Waals surface area (Å²) in [4.78, 5) is 21.2. The Morgan fingerprint density at radius 2 is 2.00 bits per heavy atom. The van der Waals surface area contributed by atoms with Crippen molar-refractivity contribution in [3.8, 4) is 0 Å². The van der Waals surface area contributed by atoms with Crippen molar-refractivity contribution < 1.29 is 14.7 Å².